The molecule has 1 aliphatic rings. The molecule has 4 aromatic rings. The number of pyridine rings is 1. The summed E-state index contributed by atoms with van der Waals surface area (Å²) in [5.74, 6) is 0. The molecule has 0 spiro atoms. The van der Waals surface area contributed by atoms with Crippen molar-refractivity contribution in [3.63, 3.8) is 0 Å². The van der Waals surface area contributed by atoms with E-state index in [4.69, 9.17) is 9.72 Å². The lowest BCUT2D eigenvalue weighted by molar-refractivity contribution is -0.384. The molecule has 7 heteroatoms. The summed E-state index contributed by atoms with van der Waals surface area (Å²) in [5.41, 5.74) is 4.62. The molecular weight excluding hydrogens is 332 g/mol. The molecule has 7 nitrogen and oxygen atoms in total. The predicted molar refractivity (Wildman–Crippen MR) is 101 cm³/mol. The van der Waals surface area contributed by atoms with Crippen molar-refractivity contribution in [2.24, 2.45) is 0 Å². The van der Waals surface area contributed by atoms with E-state index in [1.54, 1.807) is 12.1 Å². The van der Waals surface area contributed by atoms with Crippen LogP contribution in [0.25, 0.3) is 32.8 Å². The van der Waals surface area contributed by atoms with E-state index in [1.165, 1.54) is 6.07 Å². The Balaban J connectivity index is 1.91. The molecule has 0 aliphatic carbocycles. The lowest BCUT2D eigenvalue weighted by Crippen LogP contribution is -2.36. The molecule has 1 N–H and O–H groups in total. The van der Waals surface area contributed by atoms with Crippen LogP contribution >= 0.6 is 0 Å². The highest BCUT2D eigenvalue weighted by atomic mass is 16.6. The highest BCUT2D eigenvalue weighted by Crippen LogP contribution is 2.38. The first-order chi connectivity index (χ1) is 12.7. The standard InChI is InChI=1S/C19H16N4O3/c24-23(25)12-5-6-16-14(11-12)19(22-7-9-26-10-8-22)18-17(20-16)13-3-1-2-4-15(13)21-18/h1-6,11,21H,7-10H2. The molecule has 3 heterocycles. The van der Waals surface area contributed by atoms with Gasteiger partial charge in [0, 0.05) is 41.5 Å². The number of nitro groups is 1. The second-order valence-corrected chi connectivity index (χ2v) is 6.41. The lowest BCUT2D eigenvalue weighted by atomic mass is 10.1. The zero-order chi connectivity index (χ0) is 17.7. The van der Waals surface area contributed by atoms with Crippen molar-refractivity contribution >= 4 is 44.2 Å². The Kier molecular flexibility index (Phi) is 3.29. The van der Waals surface area contributed by atoms with Gasteiger partial charge in [-0.3, -0.25) is 10.1 Å². The minimum atomic E-state index is -0.363. The number of nitrogens with one attached hydrogen (secondary N) is 1. The number of non-ortho nitro benzene ring substituents is 1. The number of benzene rings is 2. The van der Waals surface area contributed by atoms with Crippen LogP contribution in [0, 0.1) is 10.1 Å². The number of morpholine rings is 1. The van der Waals surface area contributed by atoms with Crippen LogP contribution in [0.4, 0.5) is 11.4 Å². The van der Waals surface area contributed by atoms with Gasteiger partial charge in [-0.15, -0.1) is 0 Å². The molecule has 1 aliphatic heterocycles. The first-order valence-corrected chi connectivity index (χ1v) is 8.53. The fourth-order valence-electron chi connectivity index (χ4n) is 3.71. The lowest BCUT2D eigenvalue weighted by Gasteiger charge is -2.30. The summed E-state index contributed by atoms with van der Waals surface area (Å²) in [4.78, 5) is 21.4. The van der Waals surface area contributed by atoms with E-state index < -0.39 is 0 Å². The Labute approximate surface area is 148 Å². The van der Waals surface area contributed by atoms with E-state index in [2.05, 4.69) is 9.88 Å². The number of para-hydroxylation sites is 1. The third-order valence-electron chi connectivity index (χ3n) is 4.92. The molecular formula is C19H16N4O3. The number of aromatic nitrogens is 2. The van der Waals surface area contributed by atoms with Crippen molar-refractivity contribution < 1.29 is 9.66 Å². The van der Waals surface area contributed by atoms with Crippen LogP contribution in [0.3, 0.4) is 0 Å². The number of aromatic amines is 1. The summed E-state index contributed by atoms with van der Waals surface area (Å²) in [6, 6.07) is 12.9. The van der Waals surface area contributed by atoms with Crippen LogP contribution in [0.2, 0.25) is 0 Å². The predicted octanol–water partition coefficient (Wildman–Crippen LogP) is 3.61. The van der Waals surface area contributed by atoms with Gasteiger partial charge in [-0.05, 0) is 12.1 Å². The maximum atomic E-state index is 11.3. The van der Waals surface area contributed by atoms with Crippen molar-refractivity contribution in [3.05, 3.63) is 52.6 Å². The molecule has 26 heavy (non-hydrogen) atoms. The zero-order valence-electron chi connectivity index (χ0n) is 13.9. The number of anilines is 1. The summed E-state index contributed by atoms with van der Waals surface area (Å²) < 4.78 is 5.49. The Hall–Kier alpha value is -3.19. The minimum absolute atomic E-state index is 0.0734. The number of fused-ring (bicyclic) bond motifs is 4. The summed E-state index contributed by atoms with van der Waals surface area (Å²) in [5, 5.41) is 13.1. The summed E-state index contributed by atoms with van der Waals surface area (Å²) in [7, 11) is 0. The van der Waals surface area contributed by atoms with Crippen molar-refractivity contribution in [1.29, 1.82) is 0 Å². The van der Waals surface area contributed by atoms with Crippen molar-refractivity contribution in [2.45, 2.75) is 0 Å². The van der Waals surface area contributed by atoms with E-state index in [0.717, 1.165) is 51.6 Å². The van der Waals surface area contributed by atoms with E-state index in [1.807, 2.05) is 24.3 Å². The molecule has 0 bridgehead atoms. The van der Waals surface area contributed by atoms with Gasteiger partial charge in [-0.25, -0.2) is 4.98 Å². The van der Waals surface area contributed by atoms with E-state index in [0.29, 0.717) is 13.2 Å². The Morgan fingerprint density at radius 1 is 1.12 bits per heavy atom. The van der Waals surface area contributed by atoms with Crippen LogP contribution < -0.4 is 4.90 Å². The molecule has 0 saturated carbocycles. The normalized spacial score (nSPS) is 15.2. The van der Waals surface area contributed by atoms with Crippen LogP contribution in [0.15, 0.2) is 42.5 Å². The number of H-pyrrole nitrogens is 1. The molecule has 0 atom stereocenters. The van der Waals surface area contributed by atoms with Crippen molar-refractivity contribution in [1.82, 2.24) is 9.97 Å². The van der Waals surface area contributed by atoms with Crippen molar-refractivity contribution in [3.8, 4) is 0 Å². The maximum absolute atomic E-state index is 11.3. The molecule has 0 amide bonds. The van der Waals surface area contributed by atoms with Gasteiger partial charge in [0.15, 0.2) is 0 Å². The second-order valence-electron chi connectivity index (χ2n) is 6.41. The van der Waals surface area contributed by atoms with Gasteiger partial charge in [0.25, 0.3) is 5.69 Å². The van der Waals surface area contributed by atoms with Gasteiger partial charge in [0.1, 0.15) is 0 Å². The highest BCUT2D eigenvalue weighted by Gasteiger charge is 2.22. The molecule has 2 aromatic heterocycles. The largest absolute Gasteiger partial charge is 0.378 e. The molecule has 0 unspecified atom stereocenters. The average molecular weight is 348 g/mol. The Bertz CT molecular complexity index is 1160. The quantitative estimate of drug-likeness (QED) is 0.442. The first kappa shape index (κ1) is 15.1. The smallest absolute Gasteiger partial charge is 0.270 e. The molecule has 5 rings (SSSR count). The van der Waals surface area contributed by atoms with Gasteiger partial charge >= 0.3 is 0 Å². The monoisotopic (exact) mass is 348 g/mol. The fraction of sp³-hybridized carbons (Fsp3) is 0.211. The summed E-state index contributed by atoms with van der Waals surface area (Å²) >= 11 is 0. The molecule has 1 fully saturated rings. The average Bonchev–Trinajstić information content (AvgIpc) is 3.04. The first-order valence-electron chi connectivity index (χ1n) is 8.53. The third-order valence-corrected chi connectivity index (χ3v) is 4.92. The van der Waals surface area contributed by atoms with E-state index in [-0.39, 0.29) is 10.6 Å². The molecule has 2 aromatic carbocycles. The van der Waals surface area contributed by atoms with E-state index >= 15 is 0 Å². The molecule has 1 saturated heterocycles. The Morgan fingerprint density at radius 3 is 2.73 bits per heavy atom. The number of rotatable bonds is 2. The number of nitro benzene ring substituents is 1. The van der Waals surface area contributed by atoms with Crippen LogP contribution in [-0.2, 0) is 4.74 Å². The number of hydrogen-bond donors (Lipinski definition) is 1. The van der Waals surface area contributed by atoms with Crippen molar-refractivity contribution in [2.75, 3.05) is 31.2 Å². The molecule has 130 valence electrons. The maximum Gasteiger partial charge on any atom is 0.270 e. The number of nitrogens with zero attached hydrogens (tertiary/aromatic N) is 3. The van der Waals surface area contributed by atoms with Crippen LogP contribution in [0.1, 0.15) is 0 Å². The van der Waals surface area contributed by atoms with Gasteiger partial charge in [-0.1, -0.05) is 18.2 Å². The number of hydrogen-bond acceptors (Lipinski definition) is 5. The van der Waals surface area contributed by atoms with Gasteiger partial charge in [0.05, 0.1) is 40.4 Å². The molecule has 0 radical (unpaired) electrons. The SMILES string of the molecule is O=[N+]([O-])c1ccc2nc3c([nH]c4ccccc43)c(N3CCOCC3)c2c1. The van der Waals surface area contributed by atoms with Crippen LogP contribution in [0.5, 0.6) is 0 Å². The minimum Gasteiger partial charge on any atom is -0.378 e. The third kappa shape index (κ3) is 2.21. The highest BCUT2D eigenvalue weighted by molar-refractivity contribution is 6.16. The van der Waals surface area contributed by atoms with E-state index in [9.17, 15) is 10.1 Å². The topological polar surface area (TPSA) is 84.3 Å². The number of ether oxygens (including phenoxy) is 1. The zero-order valence-corrected chi connectivity index (χ0v) is 13.9. The second kappa shape index (κ2) is 5.67. The Morgan fingerprint density at radius 2 is 1.92 bits per heavy atom. The van der Waals surface area contributed by atoms with Gasteiger partial charge in [0.2, 0.25) is 0 Å². The van der Waals surface area contributed by atoms with Crippen LogP contribution in [-0.4, -0.2) is 41.2 Å². The summed E-state index contributed by atoms with van der Waals surface area (Å²) in [6.45, 7) is 2.76. The summed E-state index contributed by atoms with van der Waals surface area (Å²) in [6.07, 6.45) is 0. The van der Waals surface area contributed by atoms with Gasteiger partial charge in [-0.2, -0.15) is 0 Å². The fourth-order valence-corrected chi connectivity index (χ4v) is 3.71. The van der Waals surface area contributed by atoms with Gasteiger partial charge < -0.3 is 14.6 Å².